The molecular formula is C10H16N4O2S. The van der Waals surface area contributed by atoms with E-state index >= 15 is 0 Å². The van der Waals surface area contributed by atoms with Crippen LogP contribution >= 0.6 is 12.6 Å². The molecule has 6 nitrogen and oxygen atoms in total. The van der Waals surface area contributed by atoms with Crippen LogP contribution in [0.25, 0.3) is 0 Å². The van der Waals surface area contributed by atoms with Crippen LogP contribution in [0.15, 0.2) is 9.95 Å². The van der Waals surface area contributed by atoms with Gasteiger partial charge in [0, 0.05) is 19.4 Å². The molecule has 7 heteroatoms. The Balaban J connectivity index is 2.41. The number of hydrogen-bond acceptors (Lipinski definition) is 5. The van der Waals surface area contributed by atoms with Crippen LogP contribution in [0.1, 0.15) is 26.0 Å². The number of thiol groups is 1. The lowest BCUT2D eigenvalue weighted by atomic mass is 10.1. The van der Waals surface area contributed by atoms with E-state index in [1.807, 2.05) is 13.8 Å². The molecule has 0 atom stereocenters. The maximum Gasteiger partial charge on any atom is 0.273 e. The van der Waals surface area contributed by atoms with E-state index in [9.17, 15) is 9.59 Å². The Labute approximate surface area is 105 Å². The minimum absolute atomic E-state index is 0.0183. The van der Waals surface area contributed by atoms with Crippen molar-refractivity contribution in [3.63, 3.8) is 0 Å². The Hall–Kier alpha value is -1.37. The number of H-pyrrole nitrogens is 1. The van der Waals surface area contributed by atoms with E-state index < -0.39 is 0 Å². The molecule has 0 saturated carbocycles. The van der Waals surface area contributed by atoms with Gasteiger partial charge in [0.25, 0.3) is 5.56 Å². The van der Waals surface area contributed by atoms with E-state index in [0.717, 1.165) is 0 Å². The van der Waals surface area contributed by atoms with Crippen LogP contribution in [0.5, 0.6) is 0 Å². The molecule has 1 aromatic rings. The standard InChI is InChI=1S/C10H16N4O2S/c1-6(2)5-8(15)11-4-3-7-9(16)12-10(17)14-13-7/h6H,3-5H2,1-2H3,(H,11,15)(H2,12,14,16,17). The fourth-order valence-electron chi connectivity index (χ4n) is 1.28. The van der Waals surface area contributed by atoms with Crippen molar-refractivity contribution in [2.75, 3.05) is 6.54 Å². The molecule has 0 bridgehead atoms. The normalized spacial score (nSPS) is 10.6. The van der Waals surface area contributed by atoms with Crippen LogP contribution in [-0.4, -0.2) is 27.6 Å². The molecule has 0 unspecified atom stereocenters. The van der Waals surface area contributed by atoms with Crippen molar-refractivity contribution >= 4 is 18.5 Å². The van der Waals surface area contributed by atoms with E-state index in [4.69, 9.17) is 0 Å². The fourth-order valence-corrected chi connectivity index (χ4v) is 1.42. The van der Waals surface area contributed by atoms with Gasteiger partial charge in [0.1, 0.15) is 5.69 Å². The minimum Gasteiger partial charge on any atom is -0.356 e. The largest absolute Gasteiger partial charge is 0.356 e. The zero-order valence-corrected chi connectivity index (χ0v) is 10.8. The highest BCUT2D eigenvalue weighted by molar-refractivity contribution is 7.80. The number of nitrogens with zero attached hydrogens (tertiary/aromatic N) is 2. The van der Waals surface area contributed by atoms with Crippen molar-refractivity contribution in [1.29, 1.82) is 0 Å². The highest BCUT2D eigenvalue weighted by Gasteiger charge is 2.06. The summed E-state index contributed by atoms with van der Waals surface area (Å²) in [4.78, 5) is 25.1. The summed E-state index contributed by atoms with van der Waals surface area (Å²) in [5.41, 5.74) is -0.0178. The minimum atomic E-state index is -0.317. The predicted octanol–water partition coefficient (Wildman–Crippen LogP) is 0.158. The van der Waals surface area contributed by atoms with Crippen molar-refractivity contribution in [3.05, 3.63) is 16.0 Å². The summed E-state index contributed by atoms with van der Waals surface area (Å²) >= 11 is 3.86. The van der Waals surface area contributed by atoms with Gasteiger partial charge in [0.15, 0.2) is 5.16 Å². The maximum absolute atomic E-state index is 11.4. The number of aromatic amines is 1. The Morgan fingerprint density at radius 1 is 1.47 bits per heavy atom. The van der Waals surface area contributed by atoms with Crippen LogP contribution in [0.2, 0.25) is 0 Å². The van der Waals surface area contributed by atoms with Crippen LogP contribution < -0.4 is 10.9 Å². The zero-order valence-electron chi connectivity index (χ0n) is 9.86. The number of aromatic nitrogens is 3. The molecule has 0 fully saturated rings. The van der Waals surface area contributed by atoms with Crippen molar-refractivity contribution < 1.29 is 4.79 Å². The topological polar surface area (TPSA) is 87.7 Å². The summed E-state index contributed by atoms with van der Waals surface area (Å²) in [6.45, 7) is 4.33. The van der Waals surface area contributed by atoms with Crippen molar-refractivity contribution in [3.8, 4) is 0 Å². The van der Waals surface area contributed by atoms with Crippen LogP contribution in [0.3, 0.4) is 0 Å². The van der Waals surface area contributed by atoms with Crippen LogP contribution in [0.4, 0.5) is 0 Å². The smallest absolute Gasteiger partial charge is 0.273 e. The molecule has 1 aromatic heterocycles. The van der Waals surface area contributed by atoms with E-state index in [0.29, 0.717) is 31.0 Å². The van der Waals surface area contributed by atoms with Gasteiger partial charge in [-0.2, -0.15) is 0 Å². The second-order valence-corrected chi connectivity index (χ2v) is 4.55. The van der Waals surface area contributed by atoms with Crippen LogP contribution in [-0.2, 0) is 11.2 Å². The number of amides is 1. The second-order valence-electron chi connectivity index (χ2n) is 4.12. The van der Waals surface area contributed by atoms with Gasteiger partial charge in [-0.15, -0.1) is 22.8 Å². The molecular weight excluding hydrogens is 240 g/mol. The molecule has 0 aliphatic rings. The average molecular weight is 256 g/mol. The van der Waals surface area contributed by atoms with E-state index in [-0.39, 0.29) is 16.6 Å². The molecule has 0 radical (unpaired) electrons. The lowest BCUT2D eigenvalue weighted by Crippen LogP contribution is -2.29. The van der Waals surface area contributed by atoms with Gasteiger partial charge in [-0.3, -0.25) is 14.6 Å². The Kier molecular flexibility index (Phi) is 5.14. The molecule has 0 aliphatic carbocycles. The van der Waals surface area contributed by atoms with Gasteiger partial charge in [-0.25, -0.2) is 0 Å². The Morgan fingerprint density at radius 3 is 2.76 bits per heavy atom. The van der Waals surface area contributed by atoms with Crippen molar-refractivity contribution in [1.82, 2.24) is 20.5 Å². The Bertz CT molecular complexity index is 444. The van der Waals surface area contributed by atoms with E-state index in [1.165, 1.54) is 0 Å². The zero-order chi connectivity index (χ0) is 12.8. The molecule has 2 N–H and O–H groups in total. The molecule has 0 saturated heterocycles. The van der Waals surface area contributed by atoms with Gasteiger partial charge in [-0.1, -0.05) is 13.8 Å². The quantitative estimate of drug-likeness (QED) is 0.655. The average Bonchev–Trinajstić information content (AvgIpc) is 2.20. The van der Waals surface area contributed by atoms with E-state index in [2.05, 4.69) is 33.1 Å². The number of carbonyl (C=O) groups excluding carboxylic acids is 1. The fraction of sp³-hybridized carbons (Fsp3) is 0.600. The lowest BCUT2D eigenvalue weighted by Gasteiger charge is -2.06. The molecule has 0 spiro atoms. The van der Waals surface area contributed by atoms with Gasteiger partial charge in [-0.05, 0) is 5.92 Å². The number of nitrogens with one attached hydrogen (secondary N) is 2. The van der Waals surface area contributed by atoms with Crippen molar-refractivity contribution in [2.45, 2.75) is 31.8 Å². The van der Waals surface area contributed by atoms with Gasteiger partial charge in [0.05, 0.1) is 0 Å². The van der Waals surface area contributed by atoms with Crippen molar-refractivity contribution in [2.24, 2.45) is 5.92 Å². The molecule has 0 aromatic carbocycles. The van der Waals surface area contributed by atoms with Gasteiger partial charge in [0.2, 0.25) is 5.91 Å². The van der Waals surface area contributed by atoms with Crippen LogP contribution in [0, 0.1) is 5.92 Å². The first-order chi connectivity index (χ1) is 7.99. The molecule has 17 heavy (non-hydrogen) atoms. The third kappa shape index (κ3) is 4.99. The molecule has 1 rings (SSSR count). The molecule has 1 amide bonds. The molecule has 94 valence electrons. The summed E-state index contributed by atoms with van der Waals surface area (Å²) in [6.07, 6.45) is 0.845. The summed E-state index contributed by atoms with van der Waals surface area (Å²) in [7, 11) is 0. The SMILES string of the molecule is CC(C)CC(=O)NCCc1nnc(S)[nH]c1=O. The first-order valence-electron chi connectivity index (χ1n) is 5.40. The Morgan fingerprint density at radius 2 is 2.18 bits per heavy atom. The third-order valence-electron chi connectivity index (χ3n) is 2.03. The van der Waals surface area contributed by atoms with E-state index in [1.54, 1.807) is 0 Å². The number of hydrogen-bond donors (Lipinski definition) is 3. The summed E-state index contributed by atoms with van der Waals surface area (Å²) in [5, 5.41) is 10.3. The summed E-state index contributed by atoms with van der Waals surface area (Å²) in [5.74, 6) is 0.303. The summed E-state index contributed by atoms with van der Waals surface area (Å²) < 4.78 is 0. The number of carbonyl (C=O) groups is 1. The highest BCUT2D eigenvalue weighted by atomic mass is 32.1. The molecule has 0 aliphatic heterocycles. The van der Waals surface area contributed by atoms with Gasteiger partial charge >= 0.3 is 0 Å². The highest BCUT2D eigenvalue weighted by Crippen LogP contribution is 1.98. The first-order valence-corrected chi connectivity index (χ1v) is 5.85. The monoisotopic (exact) mass is 256 g/mol. The van der Waals surface area contributed by atoms with Gasteiger partial charge < -0.3 is 5.32 Å². The maximum atomic E-state index is 11.4. The summed E-state index contributed by atoms with van der Waals surface area (Å²) in [6, 6.07) is 0. The molecule has 1 heterocycles. The second kappa shape index (κ2) is 6.39. The predicted molar refractivity (Wildman–Crippen MR) is 66.1 cm³/mol. The third-order valence-corrected chi connectivity index (χ3v) is 2.23. The lowest BCUT2D eigenvalue weighted by molar-refractivity contribution is -0.121. The number of rotatable bonds is 5. The first kappa shape index (κ1) is 13.7.